The Hall–Kier alpha value is -1.34. The van der Waals surface area contributed by atoms with Crippen molar-refractivity contribution in [2.75, 3.05) is 20.8 Å². The Morgan fingerprint density at radius 1 is 1.19 bits per heavy atom. The molecule has 0 heterocycles. The van der Waals surface area contributed by atoms with Gasteiger partial charge in [0.1, 0.15) is 12.1 Å². The molecular weight excluding hydrogens is 216 g/mol. The van der Waals surface area contributed by atoms with Crippen molar-refractivity contribution in [2.24, 2.45) is 0 Å². The molecule has 0 rings (SSSR count). The van der Waals surface area contributed by atoms with Crippen molar-refractivity contribution in [1.82, 2.24) is 10.5 Å². The summed E-state index contributed by atoms with van der Waals surface area (Å²) in [5, 5.41) is 2.93. The van der Waals surface area contributed by atoms with Gasteiger partial charge in [-0.25, -0.2) is 14.5 Å². The second-order valence-corrected chi connectivity index (χ2v) is 3.87. The maximum absolute atomic E-state index is 11.3. The summed E-state index contributed by atoms with van der Waals surface area (Å²) in [5.74, 6) is -0.546. The van der Waals surface area contributed by atoms with Crippen LogP contribution in [0.25, 0.3) is 0 Å². The third-order valence-corrected chi connectivity index (χ3v) is 1.32. The van der Waals surface area contributed by atoms with E-state index in [4.69, 9.17) is 4.74 Å². The van der Waals surface area contributed by atoms with Gasteiger partial charge in [0.15, 0.2) is 0 Å². The SMILES string of the molecule is CON(OC)C(=O)CNC(=O)OC(C)(C)C. The Balaban J connectivity index is 3.97. The zero-order chi connectivity index (χ0) is 12.8. The summed E-state index contributed by atoms with van der Waals surface area (Å²) in [6.45, 7) is 4.91. The molecule has 7 nitrogen and oxygen atoms in total. The maximum Gasteiger partial charge on any atom is 0.408 e. The Morgan fingerprint density at radius 2 is 1.69 bits per heavy atom. The highest BCUT2D eigenvalue weighted by Gasteiger charge is 2.18. The molecule has 0 aliphatic heterocycles. The molecule has 0 saturated carbocycles. The lowest BCUT2D eigenvalue weighted by Crippen LogP contribution is -2.41. The number of nitrogens with zero attached hydrogens (tertiary/aromatic N) is 1. The fourth-order valence-corrected chi connectivity index (χ4v) is 0.805. The quantitative estimate of drug-likeness (QED) is 0.715. The van der Waals surface area contributed by atoms with E-state index in [2.05, 4.69) is 15.0 Å². The number of ether oxygens (including phenoxy) is 1. The van der Waals surface area contributed by atoms with Crippen molar-refractivity contribution >= 4 is 12.0 Å². The molecule has 0 atom stereocenters. The van der Waals surface area contributed by atoms with E-state index in [1.165, 1.54) is 14.2 Å². The van der Waals surface area contributed by atoms with Crippen LogP contribution < -0.4 is 5.32 Å². The summed E-state index contributed by atoms with van der Waals surface area (Å²) in [5.41, 5.74) is -0.602. The number of hydrogen-bond donors (Lipinski definition) is 1. The van der Waals surface area contributed by atoms with Crippen LogP contribution in [0, 0.1) is 0 Å². The molecular formula is C9H18N2O5. The average molecular weight is 234 g/mol. The molecule has 0 aromatic carbocycles. The van der Waals surface area contributed by atoms with Gasteiger partial charge in [0.25, 0.3) is 5.91 Å². The van der Waals surface area contributed by atoms with E-state index in [1.807, 2.05) is 0 Å². The first-order valence-corrected chi connectivity index (χ1v) is 4.68. The van der Waals surface area contributed by atoms with Crippen LogP contribution in [-0.2, 0) is 19.2 Å². The van der Waals surface area contributed by atoms with Crippen LogP contribution in [0.5, 0.6) is 0 Å². The van der Waals surface area contributed by atoms with Crippen LogP contribution in [-0.4, -0.2) is 43.6 Å². The number of rotatable bonds is 4. The van der Waals surface area contributed by atoms with E-state index in [0.29, 0.717) is 5.23 Å². The summed E-state index contributed by atoms with van der Waals surface area (Å²) in [7, 11) is 2.55. The van der Waals surface area contributed by atoms with Crippen molar-refractivity contribution in [3.8, 4) is 0 Å². The fourth-order valence-electron chi connectivity index (χ4n) is 0.805. The molecule has 0 radical (unpaired) electrons. The molecule has 0 saturated heterocycles. The van der Waals surface area contributed by atoms with Crippen LogP contribution >= 0.6 is 0 Å². The number of carbonyl (C=O) groups is 2. The van der Waals surface area contributed by atoms with E-state index in [0.717, 1.165) is 0 Å². The summed E-state index contributed by atoms with van der Waals surface area (Å²) in [6.07, 6.45) is -0.673. The minimum absolute atomic E-state index is 0.267. The van der Waals surface area contributed by atoms with Gasteiger partial charge in [-0.15, -0.1) is 0 Å². The van der Waals surface area contributed by atoms with Crippen molar-refractivity contribution < 1.29 is 24.0 Å². The predicted molar refractivity (Wildman–Crippen MR) is 55.1 cm³/mol. The smallest absolute Gasteiger partial charge is 0.408 e. The van der Waals surface area contributed by atoms with Gasteiger partial charge in [0.05, 0.1) is 14.2 Å². The van der Waals surface area contributed by atoms with Crippen LogP contribution in [0.1, 0.15) is 20.8 Å². The molecule has 0 aromatic heterocycles. The topological polar surface area (TPSA) is 77.1 Å². The number of alkyl carbamates (subject to hydrolysis) is 1. The molecule has 0 aliphatic carbocycles. The number of carbonyl (C=O) groups excluding carboxylic acids is 2. The van der Waals surface area contributed by atoms with Gasteiger partial charge >= 0.3 is 6.09 Å². The molecule has 2 amide bonds. The molecule has 94 valence electrons. The summed E-state index contributed by atoms with van der Waals surface area (Å²) < 4.78 is 4.93. The van der Waals surface area contributed by atoms with Gasteiger partial charge in [-0.2, -0.15) is 0 Å². The van der Waals surface area contributed by atoms with Gasteiger partial charge in [-0.1, -0.05) is 5.23 Å². The summed E-state index contributed by atoms with van der Waals surface area (Å²) in [6, 6.07) is 0. The third kappa shape index (κ3) is 6.20. The van der Waals surface area contributed by atoms with Crippen molar-refractivity contribution in [2.45, 2.75) is 26.4 Å². The van der Waals surface area contributed by atoms with E-state index >= 15 is 0 Å². The number of nitrogens with one attached hydrogen (secondary N) is 1. The van der Waals surface area contributed by atoms with Crippen molar-refractivity contribution in [1.29, 1.82) is 0 Å². The summed E-state index contributed by atoms with van der Waals surface area (Å²) >= 11 is 0. The highest BCUT2D eigenvalue weighted by atomic mass is 16.9. The van der Waals surface area contributed by atoms with E-state index in [-0.39, 0.29) is 6.54 Å². The largest absolute Gasteiger partial charge is 0.444 e. The highest BCUT2D eigenvalue weighted by molar-refractivity contribution is 5.80. The molecule has 7 heteroatoms. The lowest BCUT2D eigenvalue weighted by molar-refractivity contribution is -0.316. The highest BCUT2D eigenvalue weighted by Crippen LogP contribution is 2.06. The van der Waals surface area contributed by atoms with Gasteiger partial charge in [-0.3, -0.25) is 4.79 Å². The standard InChI is InChI=1S/C9H18N2O5/c1-9(2,3)16-8(13)10-6-7(12)11(14-4)15-5/h6H2,1-5H3,(H,10,13). The molecule has 16 heavy (non-hydrogen) atoms. The number of hydroxylamine groups is 2. The van der Waals surface area contributed by atoms with Crippen molar-refractivity contribution in [3.05, 3.63) is 0 Å². The number of hydrogen-bond acceptors (Lipinski definition) is 5. The van der Waals surface area contributed by atoms with Gasteiger partial charge < -0.3 is 10.1 Å². The molecule has 0 fully saturated rings. The van der Waals surface area contributed by atoms with Gasteiger partial charge in [0, 0.05) is 0 Å². The van der Waals surface area contributed by atoms with E-state index < -0.39 is 17.6 Å². The first kappa shape index (κ1) is 14.7. The van der Waals surface area contributed by atoms with Gasteiger partial charge in [-0.05, 0) is 20.8 Å². The molecule has 0 spiro atoms. The van der Waals surface area contributed by atoms with E-state index in [9.17, 15) is 9.59 Å². The summed E-state index contributed by atoms with van der Waals surface area (Å²) in [4.78, 5) is 31.6. The zero-order valence-corrected chi connectivity index (χ0v) is 10.2. The Kier molecular flexibility index (Phi) is 5.76. The minimum atomic E-state index is -0.673. The molecule has 1 N–H and O–H groups in total. The average Bonchev–Trinajstić information content (AvgIpc) is 2.14. The van der Waals surface area contributed by atoms with Crippen molar-refractivity contribution in [3.63, 3.8) is 0 Å². The van der Waals surface area contributed by atoms with Crippen LogP contribution in [0.3, 0.4) is 0 Å². The molecule has 0 unspecified atom stereocenters. The molecule has 0 aromatic rings. The maximum atomic E-state index is 11.3. The van der Waals surface area contributed by atoms with E-state index in [1.54, 1.807) is 20.8 Å². The molecule has 0 aliphatic rings. The van der Waals surface area contributed by atoms with Crippen LogP contribution in [0.2, 0.25) is 0 Å². The Bertz CT molecular complexity index is 245. The second-order valence-electron chi connectivity index (χ2n) is 3.87. The normalized spacial score (nSPS) is 10.8. The number of amides is 2. The fraction of sp³-hybridized carbons (Fsp3) is 0.778. The third-order valence-electron chi connectivity index (χ3n) is 1.32. The Labute approximate surface area is 94.5 Å². The lowest BCUT2D eigenvalue weighted by atomic mass is 10.2. The minimum Gasteiger partial charge on any atom is -0.444 e. The lowest BCUT2D eigenvalue weighted by Gasteiger charge is -2.20. The van der Waals surface area contributed by atoms with Crippen LogP contribution in [0.15, 0.2) is 0 Å². The first-order chi connectivity index (χ1) is 7.30. The van der Waals surface area contributed by atoms with Crippen LogP contribution in [0.4, 0.5) is 4.79 Å². The monoisotopic (exact) mass is 234 g/mol. The second kappa shape index (κ2) is 6.29. The predicted octanol–water partition coefficient (Wildman–Crippen LogP) is 0.462. The zero-order valence-electron chi connectivity index (χ0n) is 10.2. The Morgan fingerprint density at radius 3 is 2.06 bits per heavy atom. The first-order valence-electron chi connectivity index (χ1n) is 4.68. The van der Waals surface area contributed by atoms with Gasteiger partial charge in [0.2, 0.25) is 0 Å². The molecule has 0 bridgehead atoms.